The number of aromatic nitrogens is 1. The number of anilines is 2. The Morgan fingerprint density at radius 1 is 0.798 bits per heavy atom. The van der Waals surface area contributed by atoms with Gasteiger partial charge in [0.05, 0.1) is 36.7 Å². The van der Waals surface area contributed by atoms with Crippen LogP contribution in [0.5, 0.6) is 0 Å². The van der Waals surface area contributed by atoms with Gasteiger partial charge in [-0.3, -0.25) is 53.1 Å². The quantitative estimate of drug-likeness (QED) is 0.0168. The molecule has 4 heterocycles. The molecular weight excluding hydrogens is 1210 g/mol. The molecule has 0 bridgehead atoms. The van der Waals surface area contributed by atoms with Crippen LogP contribution in [0.15, 0.2) is 102 Å². The molecule has 0 radical (unpaired) electrons. The van der Waals surface area contributed by atoms with E-state index in [0.29, 0.717) is 97.6 Å². The van der Waals surface area contributed by atoms with Crippen molar-refractivity contribution in [2.45, 2.75) is 143 Å². The zero-order valence-electron chi connectivity index (χ0n) is 53.8. The number of benzene rings is 3. The number of nitrogens with two attached hydrogens (primary N) is 2. The number of hydrogen-bond donors (Lipinski definition) is 8. The number of urea groups is 1. The molecule has 3 aliphatic heterocycles. The molecular formula is C68H85F2N13O11. The fourth-order valence-corrected chi connectivity index (χ4v) is 11.0. The lowest BCUT2D eigenvalue weighted by Gasteiger charge is -2.29. The van der Waals surface area contributed by atoms with Crippen LogP contribution in [0.3, 0.4) is 0 Å². The average Bonchev–Trinajstić information content (AvgIpc) is 1.36. The number of Topliss-reactive ketones (excluding diaryl/α,β-unsaturated/α-hetero) is 1. The van der Waals surface area contributed by atoms with Gasteiger partial charge in [-0.15, -0.1) is 0 Å². The summed E-state index contributed by atoms with van der Waals surface area (Å²) in [5.74, 6) is -7.66. The normalized spacial score (nSPS) is 14.7. The summed E-state index contributed by atoms with van der Waals surface area (Å²) >= 11 is 0. The summed E-state index contributed by atoms with van der Waals surface area (Å²) in [5.41, 5.74) is 17.7. The fraction of sp³-hybridized carbons (Fsp3) is 0.441. The molecule has 7 rings (SSSR count). The Kier molecular flexibility index (Phi) is 26.1. The van der Waals surface area contributed by atoms with Crippen LogP contribution in [0.4, 0.5) is 35.4 Å². The average molecular weight is 1300 g/mol. The van der Waals surface area contributed by atoms with Crippen molar-refractivity contribution in [1.29, 1.82) is 0 Å². The smallest absolute Gasteiger partial charge is 0.407 e. The molecule has 3 atom stereocenters. The van der Waals surface area contributed by atoms with Crippen molar-refractivity contribution in [2.75, 3.05) is 49.9 Å². The predicted octanol–water partition coefficient (Wildman–Crippen LogP) is 7.59. The van der Waals surface area contributed by atoms with Crippen molar-refractivity contribution in [3.63, 3.8) is 0 Å². The third-order valence-electron chi connectivity index (χ3n) is 16.3. The van der Waals surface area contributed by atoms with Crippen molar-refractivity contribution in [1.82, 2.24) is 41.0 Å². The standard InChI is InChI=1S/C68H85F2N13O11/c1-6-28-82(43(5)7-2)65(91)50-31-47-20-21-49(33-55(47)79-57(71)35-50)64(90)78-53-32-51-38-81(30-26-54(51)74-36-53)37-44-14-18-46(19-15-44)62(88)75-40-68(69,70)41-76-67(93)94-39-45-16-22-52(23-17-45)77-63(89)48(12-11-27-73-66(72)92)34-56(84)61(42(3)4)80-58(85)13-9-8-10-29-83-59(86)24-25-60(83)87/h14-25,31-33,36,42-43,48,61H,6-13,26-30,34-35,37-41H2,1-5H3,(H2,71,79)(H,75,88)(H,76,93)(H,77,89)(H,78,90)(H,80,85)(H3,72,73,92)/t43?,48-,61+/m1/s1. The Balaban J connectivity index is 0.818. The number of ketones is 1. The number of hydrogen-bond acceptors (Lipinski definition) is 15. The van der Waals surface area contributed by atoms with E-state index < -0.39 is 54.9 Å². The zero-order valence-corrected chi connectivity index (χ0v) is 53.8. The number of imide groups is 1. The van der Waals surface area contributed by atoms with Gasteiger partial charge in [0.15, 0.2) is 5.78 Å². The first-order valence-corrected chi connectivity index (χ1v) is 31.8. The number of fused-ring (bicyclic) bond motifs is 2. The summed E-state index contributed by atoms with van der Waals surface area (Å²) < 4.78 is 35.1. The highest BCUT2D eigenvalue weighted by Gasteiger charge is 2.33. The van der Waals surface area contributed by atoms with Gasteiger partial charge in [0.2, 0.25) is 17.7 Å². The molecule has 0 fully saturated rings. The minimum atomic E-state index is -3.55. The van der Waals surface area contributed by atoms with Gasteiger partial charge >= 0.3 is 12.1 Å². The van der Waals surface area contributed by atoms with Crippen molar-refractivity contribution in [3.8, 4) is 0 Å². The number of carbonyl (C=O) groups excluding carboxylic acids is 10. The summed E-state index contributed by atoms with van der Waals surface area (Å²) in [4.78, 5) is 142. The number of halogens is 2. The SMILES string of the molecule is CCCN(C(=O)C1=Cc2ccc(C(=O)Nc3cnc4c(c3)CN(Cc3ccc(C(=O)NCC(F)(F)CNC(=O)OCc5ccc(NC(=O)[C@H](CCCNC(N)=O)CC(=O)[C@@H](NC(=O)CCCCCN6C(=O)C=CC6=O)C(C)C)cc5)cc3)CC4)cc2N=C(N)C1)C(C)CC. The number of alkyl halides is 2. The second kappa shape index (κ2) is 34.3. The Labute approximate surface area is 545 Å². The summed E-state index contributed by atoms with van der Waals surface area (Å²) in [6, 6.07) is 18.1. The third-order valence-corrected chi connectivity index (χ3v) is 16.3. The molecule has 10 N–H and O–H groups in total. The van der Waals surface area contributed by atoms with E-state index in [1.165, 1.54) is 36.4 Å². The van der Waals surface area contributed by atoms with Gasteiger partial charge < -0.3 is 53.0 Å². The lowest BCUT2D eigenvalue weighted by Crippen LogP contribution is -2.45. The highest BCUT2D eigenvalue weighted by molar-refractivity contribution is 6.13. The van der Waals surface area contributed by atoms with Crippen LogP contribution in [0.25, 0.3) is 6.08 Å². The number of nitrogens with zero attached hydrogens (tertiary/aromatic N) is 5. The lowest BCUT2D eigenvalue weighted by atomic mass is 9.89. The Morgan fingerprint density at radius 3 is 2.19 bits per heavy atom. The van der Waals surface area contributed by atoms with E-state index in [1.807, 2.05) is 37.1 Å². The first-order valence-electron chi connectivity index (χ1n) is 31.8. The summed E-state index contributed by atoms with van der Waals surface area (Å²) in [6.07, 6.45) is 9.07. The molecule has 0 aliphatic carbocycles. The molecule has 1 unspecified atom stereocenters. The molecule has 4 aromatic rings. The summed E-state index contributed by atoms with van der Waals surface area (Å²) in [7, 11) is 0. The highest BCUT2D eigenvalue weighted by atomic mass is 19.3. The minimum absolute atomic E-state index is 0.0612. The van der Waals surface area contributed by atoms with E-state index in [2.05, 4.69) is 41.5 Å². The molecule has 3 aromatic carbocycles. The Hall–Kier alpha value is -9.72. The van der Waals surface area contributed by atoms with E-state index in [0.717, 1.165) is 34.6 Å². The molecule has 94 heavy (non-hydrogen) atoms. The molecule has 3 aliphatic rings. The van der Waals surface area contributed by atoms with Crippen LogP contribution in [0.1, 0.15) is 147 Å². The van der Waals surface area contributed by atoms with Gasteiger partial charge in [-0.25, -0.2) is 23.4 Å². The Morgan fingerprint density at radius 2 is 1.50 bits per heavy atom. The number of pyridine rings is 1. The van der Waals surface area contributed by atoms with Crippen molar-refractivity contribution in [3.05, 3.63) is 136 Å². The highest BCUT2D eigenvalue weighted by Crippen LogP contribution is 2.31. The lowest BCUT2D eigenvalue weighted by molar-refractivity contribution is -0.137. The number of alkyl carbamates (subject to hydrolysis) is 1. The number of nitrogens with one attached hydrogen (secondary N) is 6. The Bertz CT molecular complexity index is 3500. The van der Waals surface area contributed by atoms with Gasteiger partial charge in [-0.05, 0) is 117 Å². The monoisotopic (exact) mass is 1300 g/mol. The van der Waals surface area contributed by atoms with E-state index in [9.17, 15) is 56.7 Å². The molecule has 10 amide bonds. The summed E-state index contributed by atoms with van der Waals surface area (Å²) in [5, 5.41) is 15.2. The number of ether oxygens (including phenoxy) is 1. The van der Waals surface area contributed by atoms with Crippen LogP contribution in [0, 0.1) is 11.8 Å². The number of amidine groups is 1. The number of aliphatic imine (C=N–C) groups is 1. The number of primary amides is 1. The number of amides is 10. The molecule has 26 heteroatoms. The number of carbonyl (C=O) groups is 10. The largest absolute Gasteiger partial charge is 0.445 e. The van der Waals surface area contributed by atoms with E-state index in [1.54, 1.807) is 68.6 Å². The molecule has 0 saturated carbocycles. The number of rotatable bonds is 33. The maximum Gasteiger partial charge on any atom is 0.407 e. The van der Waals surface area contributed by atoms with Crippen LogP contribution in [-0.4, -0.2) is 142 Å². The molecule has 0 saturated heterocycles. The second-order valence-electron chi connectivity index (χ2n) is 24.1. The van der Waals surface area contributed by atoms with Crippen LogP contribution in [0.2, 0.25) is 0 Å². The van der Waals surface area contributed by atoms with Gasteiger partial charge in [0.1, 0.15) is 12.4 Å². The van der Waals surface area contributed by atoms with Crippen LogP contribution < -0.4 is 43.4 Å². The van der Waals surface area contributed by atoms with Gasteiger partial charge in [0, 0.05) is 123 Å². The first-order chi connectivity index (χ1) is 44.9. The van der Waals surface area contributed by atoms with Gasteiger partial charge in [-0.2, -0.15) is 0 Å². The molecule has 502 valence electrons. The fourth-order valence-electron chi connectivity index (χ4n) is 11.0. The van der Waals surface area contributed by atoms with Crippen molar-refractivity contribution >= 4 is 88.2 Å². The van der Waals surface area contributed by atoms with Gasteiger partial charge in [0.25, 0.3) is 29.6 Å². The van der Waals surface area contributed by atoms with E-state index in [-0.39, 0.29) is 104 Å². The van der Waals surface area contributed by atoms with Crippen LogP contribution >= 0.6 is 0 Å². The zero-order chi connectivity index (χ0) is 68.1. The van der Waals surface area contributed by atoms with Crippen LogP contribution in [-0.2, 0) is 59.6 Å². The third kappa shape index (κ3) is 21.4. The molecule has 1 aromatic heterocycles. The maximum atomic E-state index is 15.0. The van der Waals surface area contributed by atoms with E-state index >= 15 is 0 Å². The summed E-state index contributed by atoms with van der Waals surface area (Å²) in [6.45, 7) is 9.83. The molecule has 0 spiro atoms. The second-order valence-corrected chi connectivity index (χ2v) is 24.1. The molecule has 24 nitrogen and oxygen atoms in total. The van der Waals surface area contributed by atoms with Crippen molar-refractivity contribution in [2.24, 2.45) is 28.3 Å². The first kappa shape index (κ1) is 71.7. The van der Waals surface area contributed by atoms with Gasteiger partial charge in [-0.1, -0.05) is 64.4 Å². The maximum absolute atomic E-state index is 15.0. The predicted molar refractivity (Wildman–Crippen MR) is 350 cm³/mol. The number of unbranched alkanes of at least 4 members (excludes halogenated alkanes) is 2. The van der Waals surface area contributed by atoms with Crippen molar-refractivity contribution < 1.29 is 61.5 Å². The minimum Gasteiger partial charge on any atom is -0.445 e. The van der Waals surface area contributed by atoms with E-state index in [4.69, 9.17) is 16.2 Å². The topological polar surface area (TPSA) is 339 Å².